The van der Waals surface area contributed by atoms with Gasteiger partial charge in [-0.15, -0.1) is 5.10 Å². The maximum Gasteiger partial charge on any atom is 0.409 e. The summed E-state index contributed by atoms with van der Waals surface area (Å²) in [6, 6.07) is 40.0. The number of aromatic nitrogens is 7. The Bertz CT molecular complexity index is 4410. The first-order valence-corrected chi connectivity index (χ1v) is 40.6. The summed E-state index contributed by atoms with van der Waals surface area (Å²) in [4.78, 5) is 112. The van der Waals surface area contributed by atoms with E-state index in [9.17, 15) is 33.9 Å². The number of esters is 1. The molecule has 0 radical (unpaired) electrons. The molecular weight excluding hydrogens is 1500 g/mol. The molecule has 27 nitrogen and oxygen atoms in total. The van der Waals surface area contributed by atoms with Crippen LogP contribution < -0.4 is 25.0 Å². The summed E-state index contributed by atoms with van der Waals surface area (Å²) in [5.74, 6) is -1.13. The Kier molecular flexibility index (Phi) is 29.9. The fourth-order valence-corrected chi connectivity index (χ4v) is 16.2. The number of benzene rings is 3. The molecule has 5 aromatic heterocycles. The van der Waals surface area contributed by atoms with E-state index in [1.807, 2.05) is 110 Å². The number of hydrogen-bond acceptors (Lipinski definition) is 23. The Morgan fingerprint density at radius 2 is 1.38 bits per heavy atom. The minimum atomic E-state index is -1.89. The number of para-hydroxylation sites is 1. The van der Waals surface area contributed by atoms with Crippen LogP contribution in [0.3, 0.4) is 0 Å². The second kappa shape index (κ2) is 40.2. The zero-order chi connectivity index (χ0) is 80.0. The van der Waals surface area contributed by atoms with Crippen LogP contribution in [0.15, 0.2) is 176 Å². The monoisotopic (exact) mass is 1600 g/mol. The fourth-order valence-electron chi connectivity index (χ4n) is 14.0. The molecule has 8 aromatic rings. The number of nitrogens with zero attached hydrogens (tertiary/aromatic N) is 12. The summed E-state index contributed by atoms with van der Waals surface area (Å²) in [5.41, 5.74) is 6.01. The van der Waals surface area contributed by atoms with Crippen LogP contribution in [0, 0.1) is 5.92 Å². The molecule has 2 fully saturated rings. The van der Waals surface area contributed by atoms with Crippen LogP contribution in [0.1, 0.15) is 106 Å². The molecule has 8 atom stereocenters. The molecule has 3 aliphatic rings. The van der Waals surface area contributed by atoms with Crippen molar-refractivity contribution >= 4 is 85.6 Å². The lowest BCUT2D eigenvalue weighted by Crippen LogP contribution is -2.63. The highest BCUT2D eigenvalue weighted by Crippen LogP contribution is 2.49. The number of nitrogens with one attached hydrogen (secondary N) is 2. The van der Waals surface area contributed by atoms with E-state index in [-0.39, 0.29) is 68.2 Å². The number of carbonyl (C=O) groups is 6. The van der Waals surface area contributed by atoms with Crippen LogP contribution in [-0.4, -0.2) is 197 Å². The van der Waals surface area contributed by atoms with E-state index in [0.717, 1.165) is 50.6 Å². The van der Waals surface area contributed by atoms with Crippen molar-refractivity contribution in [1.82, 2.24) is 65.2 Å². The SMILES string of the molecule is COc1cc2cc(c1Cl)N(C)C(=O)C[C@H](OC(=O)[C@H](C)N(C)C(=O)CCSSCCC(=O)N(CCCCOc1cc(CN(Cc3ccccn3)Cc3ccccn3)cc(CN(Cc3ccccn3)Cc3ccccn3)c1)CC(=O)NCn1nnc3ccccc31)[C@@]1(C)O[C@H]1[C@H](C)[C@@H]1C[C@@](O)(NC(=O)O1)[C@H](OC)/C=C/C=C(\C)C2. The van der Waals surface area contributed by atoms with E-state index in [2.05, 4.69) is 68.9 Å². The van der Waals surface area contributed by atoms with Gasteiger partial charge in [-0.1, -0.05) is 112 Å². The minimum Gasteiger partial charge on any atom is -0.495 e. The fraction of sp³-hybridized carbons (Fsp3) is 0.422. The summed E-state index contributed by atoms with van der Waals surface area (Å²) in [6.45, 7) is 10.8. The largest absolute Gasteiger partial charge is 0.495 e. The molecule has 3 N–H and O–H groups in total. The van der Waals surface area contributed by atoms with Crippen LogP contribution in [0.4, 0.5) is 10.5 Å². The smallest absolute Gasteiger partial charge is 0.409 e. The molecule has 4 bridgehead atoms. The number of rotatable bonds is 34. The number of anilines is 1. The van der Waals surface area contributed by atoms with Gasteiger partial charge in [0.15, 0.2) is 5.72 Å². The number of methoxy groups -OCH3 is 2. The zero-order valence-corrected chi connectivity index (χ0v) is 67.4. The molecule has 8 heterocycles. The van der Waals surface area contributed by atoms with Crippen LogP contribution in [0.5, 0.6) is 11.5 Å². The Hall–Kier alpha value is -9.85. The Balaban J connectivity index is 0.720. The number of aliphatic hydroxyl groups is 1. The van der Waals surface area contributed by atoms with E-state index >= 15 is 0 Å². The number of amides is 5. The Morgan fingerprint density at radius 1 is 0.788 bits per heavy atom. The number of likely N-dealkylation sites (N-methyl/N-ethyl adjacent to an activating group) is 1. The van der Waals surface area contributed by atoms with E-state index in [1.165, 1.54) is 59.6 Å². The maximum atomic E-state index is 14.6. The third kappa shape index (κ3) is 23.4. The molecule has 0 unspecified atom stereocenters. The van der Waals surface area contributed by atoms with Crippen molar-refractivity contribution in [3.63, 3.8) is 0 Å². The van der Waals surface area contributed by atoms with Crippen molar-refractivity contribution in [3.8, 4) is 11.5 Å². The number of unbranched alkanes of at least 4 members (excludes halogenated alkanes) is 1. The minimum absolute atomic E-state index is 0.0281. The van der Waals surface area contributed by atoms with Crippen molar-refractivity contribution < 1.29 is 62.3 Å². The lowest BCUT2D eigenvalue weighted by Gasteiger charge is -2.42. The second-order valence-corrected chi connectivity index (χ2v) is 31.9. The van der Waals surface area contributed by atoms with Crippen molar-refractivity contribution in [1.29, 1.82) is 0 Å². The third-order valence-electron chi connectivity index (χ3n) is 20.3. The number of allylic oxidation sites excluding steroid dienone is 3. The average Bonchev–Trinajstić information content (AvgIpc) is 1.57. The summed E-state index contributed by atoms with van der Waals surface area (Å²) < 4.78 is 38.1. The Labute approximate surface area is 671 Å². The van der Waals surface area contributed by atoms with Gasteiger partial charge in [0.25, 0.3) is 0 Å². The van der Waals surface area contributed by atoms with Gasteiger partial charge in [-0.25, -0.2) is 14.3 Å². The standard InChI is InChI=1S/C83H99ClN14O13S2/c1-56-22-21-29-72(107-8)83(105)47-71(109-81(104)90-83)57(2)79-82(4,111-79)73(46-77(102)94(6)69-44-59(40-56)45-70(106-7)78(69)84)110-80(103)58(3)93(5)75(100)30-38-112-113-39-31-76(101)97(54-74(99)89-55-98-68-28-10-9-27-67(68)91-92-98)36-19-20-37-108-66-42-60(48-95(50-62-23-11-15-32-85-62)51-63-24-12-16-33-86-63)41-61(43-66)49-96(52-64-25-13-17-34-87-64)53-65-26-14-18-35-88-65/h9-18,21-29,32-35,41-45,57-58,71-73,79,105H,19-20,30-31,36-40,46-55H2,1-8H3,(H,89,99)(H,90,104)/b29-21+,56-22+/t57-,58+,71+,72-,73+,79+,82-,83+/m1/s1. The van der Waals surface area contributed by atoms with Gasteiger partial charge in [0.1, 0.15) is 58.7 Å². The van der Waals surface area contributed by atoms with Crippen LogP contribution in [0.2, 0.25) is 5.02 Å². The molecule has 2 saturated heterocycles. The highest BCUT2D eigenvalue weighted by atomic mass is 35.5. The predicted octanol–water partition coefficient (Wildman–Crippen LogP) is 10.9. The number of carbonyl (C=O) groups excluding carboxylic acids is 6. The summed E-state index contributed by atoms with van der Waals surface area (Å²) in [5, 5.41) is 26.1. The number of halogens is 1. The third-order valence-corrected chi connectivity index (χ3v) is 23.1. The van der Waals surface area contributed by atoms with Crippen LogP contribution >= 0.6 is 33.2 Å². The van der Waals surface area contributed by atoms with Gasteiger partial charge in [-0.05, 0) is 142 Å². The molecule has 0 saturated carbocycles. The van der Waals surface area contributed by atoms with Gasteiger partial charge in [0.05, 0.1) is 66.8 Å². The van der Waals surface area contributed by atoms with Gasteiger partial charge >= 0.3 is 12.1 Å². The molecule has 113 heavy (non-hydrogen) atoms. The number of hydrogen-bond donors (Lipinski definition) is 3. The number of epoxide rings is 1. The van der Waals surface area contributed by atoms with Gasteiger partial charge in [-0.2, -0.15) is 0 Å². The van der Waals surface area contributed by atoms with Crippen molar-refractivity contribution in [2.75, 3.05) is 64.4 Å². The summed E-state index contributed by atoms with van der Waals surface area (Å²) >= 11 is 6.91. The van der Waals surface area contributed by atoms with E-state index in [4.69, 9.17) is 40.0 Å². The number of fused-ring (bicyclic) bond motifs is 6. The highest BCUT2D eigenvalue weighted by molar-refractivity contribution is 8.76. The molecule has 5 amide bonds. The van der Waals surface area contributed by atoms with E-state index in [0.29, 0.717) is 99.3 Å². The summed E-state index contributed by atoms with van der Waals surface area (Å²) in [7, 11) is 8.78. The number of pyridine rings is 4. The van der Waals surface area contributed by atoms with Crippen LogP contribution in [0.25, 0.3) is 11.0 Å². The molecule has 0 aliphatic carbocycles. The van der Waals surface area contributed by atoms with Crippen molar-refractivity contribution in [2.45, 2.75) is 160 Å². The number of alkyl carbamates (subject to hydrolysis) is 1. The normalized spacial score (nSPS) is 20.8. The van der Waals surface area contributed by atoms with E-state index < -0.39 is 65.7 Å². The first-order chi connectivity index (χ1) is 54.5. The van der Waals surface area contributed by atoms with E-state index in [1.54, 1.807) is 79.5 Å². The zero-order valence-electron chi connectivity index (χ0n) is 65.0. The maximum absolute atomic E-state index is 14.6. The first kappa shape index (κ1) is 84.1. The topological polar surface area (TPSA) is 304 Å². The molecule has 3 aliphatic heterocycles. The molecule has 598 valence electrons. The molecule has 0 spiro atoms. The van der Waals surface area contributed by atoms with Gasteiger partial charge in [-0.3, -0.25) is 54.2 Å². The van der Waals surface area contributed by atoms with Crippen LogP contribution in [-0.2, 0) is 95.3 Å². The molecule has 3 aromatic carbocycles. The van der Waals surface area contributed by atoms with Gasteiger partial charge in [0.2, 0.25) is 23.6 Å². The number of ether oxygens (including phenoxy) is 6. The first-order valence-electron chi connectivity index (χ1n) is 37.8. The van der Waals surface area contributed by atoms with Crippen molar-refractivity contribution in [3.05, 3.63) is 220 Å². The van der Waals surface area contributed by atoms with Crippen molar-refractivity contribution in [2.24, 2.45) is 5.92 Å². The predicted molar refractivity (Wildman–Crippen MR) is 431 cm³/mol. The van der Waals surface area contributed by atoms with Gasteiger partial charge in [0, 0.05) is 128 Å². The Morgan fingerprint density at radius 3 is 1.96 bits per heavy atom. The highest BCUT2D eigenvalue weighted by Gasteiger charge is 2.64. The lowest BCUT2D eigenvalue weighted by atomic mass is 9.83. The lowest BCUT2D eigenvalue weighted by molar-refractivity contribution is -0.162. The molecule has 11 rings (SSSR count). The second-order valence-electron chi connectivity index (χ2n) is 28.8. The molecular formula is C83H99ClN14O13S2. The summed E-state index contributed by atoms with van der Waals surface area (Å²) in [6.07, 6.45) is 8.79. The average molecular weight is 1600 g/mol. The van der Waals surface area contributed by atoms with Gasteiger partial charge < -0.3 is 53.5 Å². The molecule has 30 heteroatoms. The quantitative estimate of drug-likeness (QED) is 0.0146.